The number of amides is 2. The lowest BCUT2D eigenvalue weighted by Crippen LogP contribution is -2.46. The molecule has 0 atom stereocenters. The molecule has 33 heavy (non-hydrogen) atoms. The molecular weight excluding hydrogens is 433 g/mol. The molecule has 0 radical (unpaired) electrons. The van der Waals surface area contributed by atoms with Crippen molar-refractivity contribution < 1.29 is 27.5 Å². The number of rotatable bonds is 3. The van der Waals surface area contributed by atoms with E-state index < -0.39 is 11.7 Å². The zero-order valence-corrected chi connectivity index (χ0v) is 18.7. The third kappa shape index (κ3) is 4.56. The number of likely N-dealkylation sites (tertiary alicyclic amines) is 1. The van der Waals surface area contributed by atoms with Crippen molar-refractivity contribution in [2.75, 3.05) is 31.6 Å². The molecule has 2 aliphatic heterocycles. The van der Waals surface area contributed by atoms with Crippen molar-refractivity contribution in [1.82, 2.24) is 4.90 Å². The molecule has 1 fully saturated rings. The van der Waals surface area contributed by atoms with E-state index in [-0.39, 0.29) is 23.3 Å². The number of benzene rings is 2. The predicted molar refractivity (Wildman–Crippen MR) is 118 cm³/mol. The monoisotopic (exact) mass is 460 g/mol. The molecule has 0 aromatic heterocycles. The SMILES string of the molecule is COc1ccc(C)c2c1N(C(=O)C1CCN(C(=O)c3ccc(C(F)(F)F)cc3)CC1)CCC2. The number of halogens is 3. The molecule has 2 aromatic carbocycles. The summed E-state index contributed by atoms with van der Waals surface area (Å²) in [7, 11) is 1.60. The van der Waals surface area contributed by atoms with Crippen molar-refractivity contribution in [3.8, 4) is 5.75 Å². The van der Waals surface area contributed by atoms with Crippen molar-refractivity contribution in [2.45, 2.75) is 38.8 Å². The van der Waals surface area contributed by atoms with Crippen LogP contribution >= 0.6 is 0 Å². The number of carbonyl (C=O) groups is 2. The number of carbonyl (C=O) groups excluding carboxylic acids is 2. The molecule has 8 heteroatoms. The van der Waals surface area contributed by atoms with E-state index in [0.29, 0.717) is 38.2 Å². The first-order chi connectivity index (χ1) is 15.7. The standard InChI is InChI=1S/C25H27F3N2O3/c1-16-5-10-21(33-2)22-20(16)4-3-13-30(22)24(32)18-11-14-29(15-12-18)23(31)17-6-8-19(9-7-17)25(26,27)28/h5-10,18H,3-4,11-15H2,1-2H3. The van der Waals surface area contributed by atoms with Crippen LogP contribution in [0, 0.1) is 12.8 Å². The Balaban J connectivity index is 1.43. The van der Waals surface area contributed by atoms with Crippen molar-refractivity contribution in [3.63, 3.8) is 0 Å². The third-order valence-electron chi connectivity index (χ3n) is 6.63. The molecular formula is C25H27F3N2O3. The Labute approximate surface area is 191 Å². The number of fused-ring (bicyclic) bond motifs is 1. The van der Waals surface area contributed by atoms with E-state index in [0.717, 1.165) is 41.8 Å². The summed E-state index contributed by atoms with van der Waals surface area (Å²) in [6, 6.07) is 8.17. The van der Waals surface area contributed by atoms with Gasteiger partial charge in [0, 0.05) is 31.1 Å². The van der Waals surface area contributed by atoms with Gasteiger partial charge in [0.25, 0.3) is 5.91 Å². The highest BCUT2D eigenvalue weighted by Gasteiger charge is 2.35. The van der Waals surface area contributed by atoms with Gasteiger partial charge in [0.15, 0.2) is 0 Å². The summed E-state index contributed by atoms with van der Waals surface area (Å²) >= 11 is 0. The van der Waals surface area contributed by atoms with Gasteiger partial charge in [-0.05, 0) is 74.1 Å². The quantitative estimate of drug-likeness (QED) is 0.658. The molecule has 4 rings (SSSR count). The third-order valence-corrected chi connectivity index (χ3v) is 6.63. The molecule has 0 bridgehead atoms. The number of ether oxygens (including phenoxy) is 1. The molecule has 5 nitrogen and oxygen atoms in total. The van der Waals surface area contributed by atoms with Gasteiger partial charge in [-0.1, -0.05) is 6.07 Å². The molecule has 2 heterocycles. The molecule has 1 saturated heterocycles. The molecule has 2 aromatic rings. The summed E-state index contributed by atoms with van der Waals surface area (Å²) in [5.74, 6) is 0.216. The van der Waals surface area contributed by atoms with Crippen molar-refractivity contribution in [1.29, 1.82) is 0 Å². The highest BCUT2D eigenvalue weighted by atomic mass is 19.4. The van der Waals surface area contributed by atoms with Gasteiger partial charge in [0.05, 0.1) is 18.4 Å². The van der Waals surface area contributed by atoms with Crippen LogP contribution < -0.4 is 9.64 Å². The maximum atomic E-state index is 13.4. The first kappa shape index (κ1) is 23.1. The summed E-state index contributed by atoms with van der Waals surface area (Å²) in [5.41, 5.74) is 2.58. The molecule has 0 N–H and O–H groups in total. The second-order valence-corrected chi connectivity index (χ2v) is 8.65. The summed E-state index contributed by atoms with van der Waals surface area (Å²) < 4.78 is 43.9. The summed E-state index contributed by atoms with van der Waals surface area (Å²) in [5, 5.41) is 0. The van der Waals surface area contributed by atoms with Crippen LogP contribution in [0.5, 0.6) is 5.75 Å². The summed E-state index contributed by atoms with van der Waals surface area (Å²) in [6.45, 7) is 3.46. The van der Waals surface area contributed by atoms with E-state index in [1.54, 1.807) is 12.0 Å². The zero-order chi connectivity index (χ0) is 23.8. The number of hydrogen-bond donors (Lipinski definition) is 0. The summed E-state index contributed by atoms with van der Waals surface area (Å²) in [6.07, 6.45) is -1.61. The minimum atomic E-state index is -4.44. The molecule has 2 aliphatic rings. The number of nitrogens with zero attached hydrogens (tertiary/aromatic N) is 2. The predicted octanol–water partition coefficient (Wildman–Crippen LogP) is 4.85. The first-order valence-corrected chi connectivity index (χ1v) is 11.1. The van der Waals surface area contributed by atoms with Crippen LogP contribution in [0.1, 0.15) is 46.3 Å². The fourth-order valence-corrected chi connectivity index (χ4v) is 4.77. The number of methoxy groups -OCH3 is 1. The van der Waals surface area contributed by atoms with E-state index in [2.05, 4.69) is 0 Å². The van der Waals surface area contributed by atoms with Crippen LogP contribution in [0.15, 0.2) is 36.4 Å². The van der Waals surface area contributed by atoms with Crippen LogP contribution in [0.25, 0.3) is 0 Å². The lowest BCUT2D eigenvalue weighted by Gasteiger charge is -2.37. The Kier molecular flexibility index (Phi) is 6.36. The van der Waals surface area contributed by atoms with Gasteiger partial charge in [-0.2, -0.15) is 13.2 Å². The molecule has 176 valence electrons. The van der Waals surface area contributed by atoms with E-state index in [1.807, 2.05) is 24.0 Å². The minimum Gasteiger partial charge on any atom is -0.495 e. The largest absolute Gasteiger partial charge is 0.495 e. The zero-order valence-electron chi connectivity index (χ0n) is 18.7. The molecule has 0 saturated carbocycles. The van der Waals surface area contributed by atoms with Crippen molar-refractivity contribution >= 4 is 17.5 Å². The fourth-order valence-electron chi connectivity index (χ4n) is 4.77. The van der Waals surface area contributed by atoms with Crippen LogP contribution in [0.3, 0.4) is 0 Å². The normalized spacial score (nSPS) is 17.0. The van der Waals surface area contributed by atoms with E-state index in [4.69, 9.17) is 4.74 Å². The Morgan fingerprint density at radius 1 is 1.00 bits per heavy atom. The second kappa shape index (κ2) is 9.08. The van der Waals surface area contributed by atoms with E-state index >= 15 is 0 Å². The van der Waals surface area contributed by atoms with E-state index in [1.165, 1.54) is 12.1 Å². The Morgan fingerprint density at radius 3 is 2.27 bits per heavy atom. The number of aryl methyl sites for hydroxylation is 1. The lowest BCUT2D eigenvalue weighted by molar-refractivity contribution is -0.137. The van der Waals surface area contributed by atoms with Crippen LogP contribution in [-0.2, 0) is 17.4 Å². The highest BCUT2D eigenvalue weighted by molar-refractivity contribution is 5.98. The topological polar surface area (TPSA) is 49.9 Å². The van der Waals surface area contributed by atoms with Gasteiger partial charge in [-0.25, -0.2) is 0 Å². The molecule has 0 unspecified atom stereocenters. The van der Waals surface area contributed by atoms with Gasteiger partial charge < -0.3 is 14.5 Å². The van der Waals surface area contributed by atoms with Crippen LogP contribution in [0.4, 0.5) is 18.9 Å². The van der Waals surface area contributed by atoms with Crippen molar-refractivity contribution in [3.05, 3.63) is 58.7 Å². The van der Waals surface area contributed by atoms with Gasteiger partial charge >= 0.3 is 6.18 Å². The number of hydrogen-bond acceptors (Lipinski definition) is 3. The minimum absolute atomic E-state index is 0.0430. The first-order valence-electron chi connectivity index (χ1n) is 11.1. The smallest absolute Gasteiger partial charge is 0.416 e. The molecule has 0 aliphatic carbocycles. The fraction of sp³-hybridized carbons (Fsp3) is 0.440. The number of alkyl halides is 3. The number of piperidine rings is 1. The van der Waals surface area contributed by atoms with Crippen LogP contribution in [-0.4, -0.2) is 43.5 Å². The number of anilines is 1. The Hall–Kier alpha value is -3.03. The summed E-state index contributed by atoms with van der Waals surface area (Å²) in [4.78, 5) is 29.6. The Bertz CT molecular complexity index is 1040. The van der Waals surface area contributed by atoms with Crippen LogP contribution in [0.2, 0.25) is 0 Å². The maximum Gasteiger partial charge on any atom is 0.416 e. The average molecular weight is 460 g/mol. The van der Waals surface area contributed by atoms with Gasteiger partial charge in [-0.15, -0.1) is 0 Å². The maximum absolute atomic E-state index is 13.4. The van der Waals surface area contributed by atoms with Gasteiger partial charge in [0.2, 0.25) is 5.91 Å². The lowest BCUT2D eigenvalue weighted by atomic mass is 9.91. The molecule has 2 amide bonds. The van der Waals surface area contributed by atoms with Gasteiger partial charge in [0.1, 0.15) is 5.75 Å². The van der Waals surface area contributed by atoms with Crippen molar-refractivity contribution in [2.24, 2.45) is 5.92 Å². The second-order valence-electron chi connectivity index (χ2n) is 8.65. The van der Waals surface area contributed by atoms with Gasteiger partial charge in [-0.3, -0.25) is 9.59 Å². The highest BCUT2D eigenvalue weighted by Crippen LogP contribution is 2.39. The molecule has 0 spiro atoms. The van der Waals surface area contributed by atoms with E-state index in [9.17, 15) is 22.8 Å². The Morgan fingerprint density at radius 2 is 1.67 bits per heavy atom. The average Bonchev–Trinajstić information content (AvgIpc) is 2.83.